The Labute approximate surface area is 127 Å². The second-order valence-electron chi connectivity index (χ2n) is 5.94. The van der Waals surface area contributed by atoms with E-state index in [4.69, 9.17) is 0 Å². The highest BCUT2D eigenvalue weighted by Crippen LogP contribution is 2.12. The zero-order valence-electron chi connectivity index (χ0n) is 13.1. The summed E-state index contributed by atoms with van der Waals surface area (Å²) < 4.78 is 0. The van der Waals surface area contributed by atoms with Gasteiger partial charge in [-0.05, 0) is 32.7 Å². The summed E-state index contributed by atoms with van der Waals surface area (Å²) in [6.07, 6.45) is 4.04. The number of likely N-dealkylation sites (N-methyl/N-ethyl adjacent to an activating group) is 1. The molecule has 2 aliphatic heterocycles. The molecule has 6 heteroatoms. The number of amides is 2. The first-order chi connectivity index (χ1) is 10.2. The molecule has 2 aliphatic rings. The van der Waals surface area contributed by atoms with Gasteiger partial charge in [0.15, 0.2) is 0 Å². The van der Waals surface area contributed by atoms with Crippen LogP contribution in [-0.4, -0.2) is 73.5 Å². The van der Waals surface area contributed by atoms with Crippen molar-refractivity contribution in [2.45, 2.75) is 38.6 Å². The average Bonchev–Trinajstić information content (AvgIpc) is 2.99. The van der Waals surface area contributed by atoms with Crippen molar-refractivity contribution >= 4 is 11.8 Å². The molecule has 2 rings (SSSR count). The first-order valence-corrected chi connectivity index (χ1v) is 8.19. The van der Waals surface area contributed by atoms with Crippen LogP contribution >= 0.6 is 0 Å². The minimum Gasteiger partial charge on any atom is -0.355 e. The number of hydrogen-bond donors (Lipinski definition) is 2. The largest absolute Gasteiger partial charge is 0.355 e. The van der Waals surface area contributed by atoms with Crippen molar-refractivity contribution in [2.24, 2.45) is 0 Å². The molecule has 0 bridgehead atoms. The van der Waals surface area contributed by atoms with Crippen LogP contribution in [0.1, 0.15) is 32.6 Å². The molecule has 0 aromatic heterocycles. The van der Waals surface area contributed by atoms with Crippen LogP contribution in [0.2, 0.25) is 0 Å². The van der Waals surface area contributed by atoms with Gasteiger partial charge >= 0.3 is 0 Å². The lowest BCUT2D eigenvalue weighted by Crippen LogP contribution is -2.51. The van der Waals surface area contributed by atoms with Crippen LogP contribution in [0.25, 0.3) is 0 Å². The highest BCUT2D eigenvalue weighted by molar-refractivity contribution is 5.78. The Bertz CT molecular complexity index is 348. The van der Waals surface area contributed by atoms with Crippen LogP contribution in [0, 0.1) is 0 Å². The smallest absolute Gasteiger partial charge is 0.234 e. The van der Waals surface area contributed by atoms with E-state index in [-0.39, 0.29) is 11.8 Å². The Morgan fingerprint density at radius 1 is 1.24 bits per heavy atom. The Balaban J connectivity index is 1.63. The summed E-state index contributed by atoms with van der Waals surface area (Å²) in [6.45, 7) is 7.22. The van der Waals surface area contributed by atoms with Gasteiger partial charge in [0, 0.05) is 45.2 Å². The molecule has 0 aliphatic carbocycles. The first kappa shape index (κ1) is 16.2. The summed E-state index contributed by atoms with van der Waals surface area (Å²) in [6, 6.07) is 0.535. The number of piperazine rings is 1. The van der Waals surface area contributed by atoms with Crippen molar-refractivity contribution in [3.8, 4) is 0 Å². The lowest BCUT2D eigenvalue weighted by atomic mass is 10.1. The highest BCUT2D eigenvalue weighted by atomic mass is 16.2. The Morgan fingerprint density at radius 3 is 2.62 bits per heavy atom. The molecule has 0 radical (unpaired) electrons. The molecule has 120 valence electrons. The number of carbonyl (C=O) groups excluding carboxylic acids is 2. The summed E-state index contributed by atoms with van der Waals surface area (Å²) in [5.74, 6) is 0.339. The fourth-order valence-corrected chi connectivity index (χ4v) is 3.07. The van der Waals surface area contributed by atoms with E-state index >= 15 is 0 Å². The number of hydrogen-bond acceptors (Lipinski definition) is 4. The fourth-order valence-electron chi connectivity index (χ4n) is 3.07. The van der Waals surface area contributed by atoms with Crippen LogP contribution in [0.3, 0.4) is 0 Å². The van der Waals surface area contributed by atoms with E-state index in [9.17, 15) is 9.59 Å². The van der Waals surface area contributed by atoms with Gasteiger partial charge in [0.05, 0.1) is 6.54 Å². The molecule has 2 saturated heterocycles. The van der Waals surface area contributed by atoms with E-state index in [1.165, 1.54) is 12.8 Å². The van der Waals surface area contributed by atoms with Crippen molar-refractivity contribution in [3.05, 3.63) is 0 Å². The zero-order chi connectivity index (χ0) is 15.1. The molecule has 2 heterocycles. The predicted octanol–water partition coefficient (Wildman–Crippen LogP) is -0.201. The molecule has 0 aromatic carbocycles. The number of carbonyl (C=O) groups is 2. The standard InChI is InChI=1S/C15H28N4O2/c1-2-16-14(20)12-18-8-10-19(11-9-18)15(21)6-5-13-4-3-7-17-13/h13,17H,2-12H2,1H3,(H,16,20). The van der Waals surface area contributed by atoms with Crippen molar-refractivity contribution < 1.29 is 9.59 Å². The number of rotatable bonds is 6. The first-order valence-electron chi connectivity index (χ1n) is 8.19. The van der Waals surface area contributed by atoms with Gasteiger partial charge < -0.3 is 15.5 Å². The van der Waals surface area contributed by atoms with Crippen LogP contribution in [0.4, 0.5) is 0 Å². The summed E-state index contributed by atoms with van der Waals surface area (Å²) in [7, 11) is 0. The van der Waals surface area contributed by atoms with Gasteiger partial charge in [0.1, 0.15) is 0 Å². The van der Waals surface area contributed by atoms with Crippen LogP contribution in [0.5, 0.6) is 0 Å². The van der Waals surface area contributed by atoms with E-state index < -0.39 is 0 Å². The summed E-state index contributed by atoms with van der Waals surface area (Å²) in [5.41, 5.74) is 0. The minimum atomic E-state index is 0.0737. The van der Waals surface area contributed by atoms with Gasteiger partial charge in [0.25, 0.3) is 0 Å². The molecule has 0 saturated carbocycles. The van der Waals surface area contributed by atoms with Gasteiger partial charge in [-0.25, -0.2) is 0 Å². The van der Waals surface area contributed by atoms with Gasteiger partial charge in [-0.2, -0.15) is 0 Å². The summed E-state index contributed by atoms with van der Waals surface area (Å²) >= 11 is 0. The van der Waals surface area contributed by atoms with E-state index in [0.717, 1.165) is 39.1 Å². The lowest BCUT2D eigenvalue weighted by molar-refractivity contribution is -0.133. The Morgan fingerprint density at radius 2 is 2.00 bits per heavy atom. The molecule has 2 amide bonds. The van der Waals surface area contributed by atoms with E-state index in [2.05, 4.69) is 15.5 Å². The second kappa shape index (κ2) is 8.34. The molecular weight excluding hydrogens is 268 g/mol. The topological polar surface area (TPSA) is 64.7 Å². The fraction of sp³-hybridized carbons (Fsp3) is 0.867. The SMILES string of the molecule is CCNC(=O)CN1CCN(C(=O)CCC2CCCN2)CC1. The maximum atomic E-state index is 12.2. The van der Waals surface area contributed by atoms with Crippen LogP contribution in [-0.2, 0) is 9.59 Å². The molecule has 2 N–H and O–H groups in total. The average molecular weight is 296 g/mol. The Kier molecular flexibility index (Phi) is 6.45. The minimum absolute atomic E-state index is 0.0737. The van der Waals surface area contributed by atoms with Crippen molar-refractivity contribution in [1.29, 1.82) is 0 Å². The quantitative estimate of drug-likeness (QED) is 0.712. The molecule has 1 unspecified atom stereocenters. The van der Waals surface area contributed by atoms with Gasteiger partial charge in [0.2, 0.25) is 11.8 Å². The monoisotopic (exact) mass is 296 g/mol. The third-order valence-corrected chi connectivity index (χ3v) is 4.34. The van der Waals surface area contributed by atoms with Gasteiger partial charge in [-0.15, -0.1) is 0 Å². The normalized spacial score (nSPS) is 23.3. The molecule has 0 spiro atoms. The van der Waals surface area contributed by atoms with Crippen LogP contribution in [0.15, 0.2) is 0 Å². The highest BCUT2D eigenvalue weighted by Gasteiger charge is 2.23. The summed E-state index contributed by atoms with van der Waals surface area (Å²) in [5, 5.41) is 6.24. The molecule has 2 fully saturated rings. The maximum Gasteiger partial charge on any atom is 0.234 e. The lowest BCUT2D eigenvalue weighted by Gasteiger charge is -2.34. The molecule has 1 atom stereocenters. The van der Waals surface area contributed by atoms with Gasteiger partial charge in [-0.1, -0.05) is 0 Å². The summed E-state index contributed by atoms with van der Waals surface area (Å²) in [4.78, 5) is 27.8. The molecule has 6 nitrogen and oxygen atoms in total. The third-order valence-electron chi connectivity index (χ3n) is 4.34. The Hall–Kier alpha value is -1.14. The van der Waals surface area contributed by atoms with E-state index in [1.807, 2.05) is 11.8 Å². The van der Waals surface area contributed by atoms with Gasteiger partial charge in [-0.3, -0.25) is 14.5 Å². The van der Waals surface area contributed by atoms with Crippen molar-refractivity contribution in [1.82, 2.24) is 20.4 Å². The number of nitrogens with one attached hydrogen (secondary N) is 2. The second-order valence-corrected chi connectivity index (χ2v) is 5.94. The van der Waals surface area contributed by atoms with Crippen LogP contribution < -0.4 is 10.6 Å². The van der Waals surface area contributed by atoms with E-state index in [1.54, 1.807) is 0 Å². The number of nitrogens with zero attached hydrogens (tertiary/aromatic N) is 2. The molecule has 0 aromatic rings. The third kappa shape index (κ3) is 5.28. The maximum absolute atomic E-state index is 12.2. The molecule has 21 heavy (non-hydrogen) atoms. The van der Waals surface area contributed by atoms with E-state index in [0.29, 0.717) is 25.6 Å². The van der Waals surface area contributed by atoms with Crippen molar-refractivity contribution in [3.63, 3.8) is 0 Å². The zero-order valence-corrected chi connectivity index (χ0v) is 13.1. The molecular formula is C15H28N4O2. The predicted molar refractivity (Wildman–Crippen MR) is 82.0 cm³/mol. The van der Waals surface area contributed by atoms with Crippen molar-refractivity contribution in [2.75, 3.05) is 45.8 Å².